The first-order valence-corrected chi connectivity index (χ1v) is 41.3. The minimum Gasteiger partial charge on any atom is -0.354 e. The SMILES string of the molecule is Clc1nc(-c2ccc3c(c2)c2ccccc2n3-c2ccccc2)c2c(n1)sc1ccccc12.c1ccc(-n2c3ccccc3c3cc(-c4nc(-n5c6ccccc6c6c7c8ccccc8sc7c7ccccc7c65)nc5sc6ccccc6c45)ccc32)cc1.c1ccc2c(c1)[nH]c1c3ccccc3c3sc4ccccc4c3c21. The summed E-state index contributed by atoms with van der Waals surface area (Å²) in [6, 6.07) is 121. The number of para-hydroxylation sites is 6. The lowest BCUT2D eigenvalue weighted by molar-refractivity contribution is 1.02. The average Bonchev–Trinajstić information content (AvgIpc) is 1.54. The van der Waals surface area contributed by atoms with Gasteiger partial charge < -0.3 is 14.1 Å². The molecule has 0 aliphatic heterocycles. The fourth-order valence-corrected chi connectivity index (χ4v) is 22.9. The van der Waals surface area contributed by atoms with Crippen molar-refractivity contribution in [3.05, 3.63) is 345 Å². The van der Waals surface area contributed by atoms with Crippen LogP contribution in [0, 0.1) is 0 Å². The molecule has 16 aromatic carbocycles. The third kappa shape index (κ3) is 9.78. The summed E-state index contributed by atoms with van der Waals surface area (Å²) in [5.41, 5.74) is 15.6. The summed E-state index contributed by atoms with van der Waals surface area (Å²) in [5.74, 6) is 0.682. The molecule has 113 heavy (non-hydrogen) atoms. The molecule has 0 radical (unpaired) electrons. The van der Waals surface area contributed by atoms with Gasteiger partial charge in [0, 0.05) is 164 Å². The number of hydrogen-bond donors (Lipinski definition) is 1. The van der Waals surface area contributed by atoms with Crippen molar-refractivity contribution in [3.8, 4) is 39.8 Å². The molecule has 0 spiro atoms. The Bertz CT molecular complexity index is 8380. The number of fused-ring (bicyclic) bond motifs is 32. The molecule has 0 atom stereocenters. The van der Waals surface area contributed by atoms with Crippen molar-refractivity contribution in [3.63, 3.8) is 0 Å². The summed E-state index contributed by atoms with van der Waals surface area (Å²) in [7, 11) is 0. The lowest BCUT2D eigenvalue weighted by atomic mass is 10.00. The second-order valence-corrected chi connectivity index (χ2v) is 33.3. The molecular formula is C100H57ClN8S4. The molecule has 0 aliphatic rings. The summed E-state index contributed by atoms with van der Waals surface area (Å²) in [5, 5.41) is 25.2. The number of rotatable bonds is 5. The Labute approximate surface area is 664 Å². The van der Waals surface area contributed by atoms with Gasteiger partial charge in [0.05, 0.1) is 50.0 Å². The maximum atomic E-state index is 6.38. The molecule has 1 N–H and O–H groups in total. The first-order valence-electron chi connectivity index (χ1n) is 37.7. The number of thiophene rings is 4. The summed E-state index contributed by atoms with van der Waals surface area (Å²) >= 11 is 13.6. The van der Waals surface area contributed by atoms with E-state index in [4.69, 9.17) is 26.6 Å². The number of nitrogens with zero attached hydrogens (tertiary/aromatic N) is 7. The third-order valence-electron chi connectivity index (χ3n) is 22.7. The summed E-state index contributed by atoms with van der Waals surface area (Å²) < 4.78 is 14.8. The highest BCUT2D eigenvalue weighted by molar-refractivity contribution is 7.28. The molecule has 13 heteroatoms. The zero-order valence-electron chi connectivity index (χ0n) is 60.0. The van der Waals surface area contributed by atoms with Crippen molar-refractivity contribution in [2.45, 2.75) is 0 Å². The standard InChI is InChI=1S/C50H28N4S2.C28H16ClN3S.C22H13NS/c1-2-14-30(15-3-1)53-38-22-10-6-16-31(38)37-28-29(26-27-40(37)53)46-45-36-21-9-13-25-42(36)56-49(45)52-50(51-46)54-39-23-11-7-19-34(39)43-44-35-20-8-12-24-41(35)55-48(44)33-18-5-4-17-32(33)47(43)54;29-28-30-26(25-20-11-5-7-13-24(20)33-27(25)31-28)17-14-15-23-21(16-17)19-10-4-6-12-22(19)32(23)18-8-2-1-3-9-18;1-2-8-14-13(7-1)21-19(15-9-3-5-11-17(15)23-21)20-16-10-4-6-12-18(16)24-22(14)20/h1-28H;1-16H;1-12,23H. The molecule has 26 rings (SSSR count). The Balaban J connectivity index is 0.000000109. The molecule has 10 aromatic heterocycles. The van der Waals surface area contributed by atoms with Gasteiger partial charge in [-0.25, -0.2) is 19.9 Å². The first-order chi connectivity index (χ1) is 56.0. The topological polar surface area (TPSA) is 82.1 Å². The fraction of sp³-hybridized carbons (Fsp3) is 0. The first kappa shape index (κ1) is 64.4. The maximum absolute atomic E-state index is 6.38. The second-order valence-electron chi connectivity index (χ2n) is 28.8. The summed E-state index contributed by atoms with van der Waals surface area (Å²) in [4.78, 5) is 26.0. The zero-order valence-corrected chi connectivity index (χ0v) is 64.0. The van der Waals surface area contributed by atoms with Crippen LogP contribution in [0.3, 0.4) is 0 Å². The minimum atomic E-state index is 0.274. The highest BCUT2D eigenvalue weighted by Crippen LogP contribution is 2.51. The highest BCUT2D eigenvalue weighted by atomic mass is 35.5. The largest absolute Gasteiger partial charge is 0.354 e. The van der Waals surface area contributed by atoms with E-state index < -0.39 is 0 Å². The molecule has 0 fully saturated rings. The molecule has 0 saturated heterocycles. The highest BCUT2D eigenvalue weighted by Gasteiger charge is 2.27. The van der Waals surface area contributed by atoms with Crippen LogP contribution in [0.2, 0.25) is 5.28 Å². The molecular weight excluding hydrogens is 1480 g/mol. The lowest BCUT2D eigenvalue weighted by Gasteiger charge is -2.12. The van der Waals surface area contributed by atoms with Crippen molar-refractivity contribution in [1.29, 1.82) is 0 Å². The van der Waals surface area contributed by atoms with Gasteiger partial charge >= 0.3 is 0 Å². The fourth-order valence-electron chi connectivity index (χ4n) is 18.0. The number of nitrogens with one attached hydrogen (secondary N) is 1. The van der Waals surface area contributed by atoms with Crippen LogP contribution in [0.4, 0.5) is 0 Å². The third-order valence-corrected chi connectivity index (χ3v) is 27.4. The van der Waals surface area contributed by atoms with Gasteiger partial charge in [-0.05, 0) is 109 Å². The zero-order chi connectivity index (χ0) is 74.1. The van der Waals surface area contributed by atoms with Crippen LogP contribution >= 0.6 is 56.9 Å². The number of benzene rings is 16. The van der Waals surface area contributed by atoms with E-state index in [-0.39, 0.29) is 5.28 Å². The van der Waals surface area contributed by atoms with E-state index >= 15 is 0 Å². The number of halogens is 1. The van der Waals surface area contributed by atoms with Crippen LogP contribution in [-0.2, 0) is 0 Å². The van der Waals surface area contributed by atoms with Gasteiger partial charge in [-0.1, -0.05) is 243 Å². The van der Waals surface area contributed by atoms with Gasteiger partial charge in [0.25, 0.3) is 0 Å². The molecule has 0 saturated carbocycles. The molecule has 528 valence electrons. The van der Waals surface area contributed by atoms with E-state index in [1.54, 1.807) is 22.7 Å². The van der Waals surface area contributed by atoms with Crippen LogP contribution in [0.25, 0.3) is 230 Å². The second kappa shape index (κ2) is 25.3. The quantitative estimate of drug-likeness (QED) is 0.174. The molecule has 0 unspecified atom stereocenters. The van der Waals surface area contributed by atoms with Crippen LogP contribution in [0.15, 0.2) is 340 Å². The van der Waals surface area contributed by atoms with Crippen molar-refractivity contribution in [1.82, 2.24) is 38.6 Å². The Morgan fingerprint density at radius 1 is 0.257 bits per heavy atom. The maximum Gasteiger partial charge on any atom is 0.236 e. The van der Waals surface area contributed by atoms with E-state index in [0.717, 1.165) is 76.3 Å². The summed E-state index contributed by atoms with van der Waals surface area (Å²) in [6.45, 7) is 0. The number of aromatic amines is 1. The van der Waals surface area contributed by atoms with Crippen LogP contribution in [-0.4, -0.2) is 38.6 Å². The van der Waals surface area contributed by atoms with E-state index in [2.05, 4.69) is 357 Å². The van der Waals surface area contributed by atoms with Crippen molar-refractivity contribution >= 4 is 247 Å². The Morgan fingerprint density at radius 3 is 1.18 bits per heavy atom. The van der Waals surface area contributed by atoms with Gasteiger partial charge in [-0.2, -0.15) is 0 Å². The van der Waals surface area contributed by atoms with Crippen LogP contribution in [0.5, 0.6) is 0 Å². The Hall–Kier alpha value is -13.4. The molecule has 0 bridgehead atoms. The van der Waals surface area contributed by atoms with Crippen molar-refractivity contribution < 1.29 is 0 Å². The van der Waals surface area contributed by atoms with Crippen molar-refractivity contribution in [2.24, 2.45) is 0 Å². The molecule has 26 aromatic rings. The normalized spacial score (nSPS) is 12.1. The van der Waals surface area contributed by atoms with Gasteiger partial charge in [-0.15, -0.1) is 45.3 Å². The predicted molar refractivity (Wildman–Crippen MR) is 485 cm³/mol. The molecule has 10 heterocycles. The van der Waals surface area contributed by atoms with Gasteiger partial charge in [0.2, 0.25) is 11.2 Å². The monoisotopic (exact) mass is 1530 g/mol. The number of H-pyrrole nitrogens is 1. The number of aromatic nitrogens is 8. The lowest BCUT2D eigenvalue weighted by Crippen LogP contribution is -2.03. The smallest absolute Gasteiger partial charge is 0.236 e. The predicted octanol–water partition coefficient (Wildman–Crippen LogP) is 29.3. The van der Waals surface area contributed by atoms with E-state index in [0.29, 0.717) is 5.95 Å². The molecule has 0 amide bonds. The molecule has 0 aliphatic carbocycles. The molecule has 8 nitrogen and oxygen atoms in total. The van der Waals surface area contributed by atoms with E-state index in [9.17, 15) is 0 Å². The minimum absolute atomic E-state index is 0.274. The summed E-state index contributed by atoms with van der Waals surface area (Å²) in [6.07, 6.45) is 0. The van der Waals surface area contributed by atoms with E-state index in [1.807, 2.05) is 28.7 Å². The average molecular weight is 1530 g/mol. The Morgan fingerprint density at radius 2 is 0.637 bits per heavy atom. The Kier molecular flexibility index (Phi) is 14.4. The van der Waals surface area contributed by atoms with Crippen LogP contribution in [0.1, 0.15) is 0 Å². The van der Waals surface area contributed by atoms with Crippen molar-refractivity contribution in [2.75, 3.05) is 0 Å². The number of hydrogen-bond acceptors (Lipinski definition) is 8. The van der Waals surface area contributed by atoms with Crippen LogP contribution < -0.4 is 0 Å². The van der Waals surface area contributed by atoms with Gasteiger partial charge in [0.1, 0.15) is 9.66 Å². The van der Waals surface area contributed by atoms with Gasteiger partial charge in [0.15, 0.2) is 0 Å². The van der Waals surface area contributed by atoms with E-state index in [1.165, 1.54) is 147 Å². The van der Waals surface area contributed by atoms with Gasteiger partial charge in [-0.3, -0.25) is 4.57 Å².